The summed E-state index contributed by atoms with van der Waals surface area (Å²) in [6.45, 7) is 0. The average Bonchev–Trinajstić information content (AvgIpc) is 1.58. The summed E-state index contributed by atoms with van der Waals surface area (Å²) in [5.41, 5.74) is 9.95. The van der Waals surface area contributed by atoms with Gasteiger partial charge in [0.25, 0.3) is 0 Å². The van der Waals surface area contributed by atoms with Crippen LogP contribution in [0, 0.1) is 0 Å². The van der Waals surface area contributed by atoms with Crippen molar-refractivity contribution < 1.29 is 14.7 Å². The van der Waals surface area contributed by atoms with Gasteiger partial charge in [-0.25, -0.2) is 0 Å². The van der Waals surface area contributed by atoms with Crippen LogP contribution in [0.4, 0.5) is 0 Å². The smallest absolute Gasteiger partial charge is 0.304 e. The highest BCUT2D eigenvalue weighted by molar-refractivity contribution is 5.85. The highest BCUT2D eigenvalue weighted by atomic mass is 35.5. The number of carbonyl (C=O) groups excluding carboxylic acids is 1. The summed E-state index contributed by atoms with van der Waals surface area (Å²) < 4.78 is 0. The number of hydrogen-bond donors (Lipinski definition) is 3. The van der Waals surface area contributed by atoms with Crippen molar-refractivity contribution in [2.24, 2.45) is 11.5 Å². The molecule has 0 radical (unpaired) electrons. The van der Waals surface area contributed by atoms with Gasteiger partial charge in [0, 0.05) is 12.5 Å². The summed E-state index contributed by atoms with van der Waals surface area (Å²) in [5.74, 6) is -1.59. The molecule has 1 amide bonds. The van der Waals surface area contributed by atoms with Gasteiger partial charge in [0.1, 0.15) is 0 Å². The third kappa shape index (κ3) is 9.19. The van der Waals surface area contributed by atoms with Crippen LogP contribution >= 0.6 is 12.4 Å². The maximum absolute atomic E-state index is 10.1. The molecule has 0 saturated carbocycles. The maximum atomic E-state index is 10.1. The van der Waals surface area contributed by atoms with E-state index in [9.17, 15) is 9.59 Å². The van der Waals surface area contributed by atoms with E-state index in [0.717, 1.165) is 0 Å². The second kappa shape index (κ2) is 5.94. The molecule has 1 atom stereocenters. The first-order valence-corrected chi connectivity index (χ1v) is 2.78. The molecule has 0 saturated heterocycles. The number of nitrogens with two attached hydrogens (primary N) is 2. The first-order valence-electron chi connectivity index (χ1n) is 2.78. The van der Waals surface area contributed by atoms with Crippen molar-refractivity contribution in [2.75, 3.05) is 0 Å². The van der Waals surface area contributed by atoms with Crippen molar-refractivity contribution in [1.82, 2.24) is 0 Å². The largest absolute Gasteiger partial charge is 0.481 e. The number of carbonyl (C=O) groups is 2. The monoisotopic (exact) mass is 182 g/mol. The van der Waals surface area contributed by atoms with Crippen LogP contribution in [0.25, 0.3) is 0 Å². The molecule has 6 heteroatoms. The number of hydrogen-bond acceptors (Lipinski definition) is 3. The van der Waals surface area contributed by atoms with Gasteiger partial charge >= 0.3 is 5.97 Å². The predicted molar refractivity (Wildman–Crippen MR) is 41.3 cm³/mol. The number of carboxylic acid groups (broad SMARTS) is 1. The molecule has 0 spiro atoms. The van der Waals surface area contributed by atoms with Gasteiger partial charge in [0.05, 0.1) is 6.42 Å². The first-order chi connectivity index (χ1) is 4.52. The molecule has 0 rings (SSSR count). The van der Waals surface area contributed by atoms with E-state index in [2.05, 4.69) is 0 Å². The van der Waals surface area contributed by atoms with Crippen LogP contribution in [0.1, 0.15) is 12.8 Å². The molecule has 66 valence electrons. The van der Waals surface area contributed by atoms with Crippen molar-refractivity contribution in [1.29, 1.82) is 0 Å². The lowest BCUT2D eigenvalue weighted by atomic mass is 10.1. The van der Waals surface area contributed by atoms with Crippen molar-refractivity contribution in [2.45, 2.75) is 18.9 Å². The Morgan fingerprint density at radius 3 is 2.09 bits per heavy atom. The molecular weight excluding hydrogens is 172 g/mol. The minimum atomic E-state index is -1.02. The van der Waals surface area contributed by atoms with Crippen molar-refractivity contribution in [3.05, 3.63) is 0 Å². The summed E-state index contributed by atoms with van der Waals surface area (Å²) in [6, 6.07) is -0.657. The molecule has 0 aliphatic carbocycles. The quantitative estimate of drug-likeness (QED) is 0.523. The molecule has 0 aromatic rings. The number of aliphatic carboxylic acids is 1. The van der Waals surface area contributed by atoms with Gasteiger partial charge in [0.15, 0.2) is 0 Å². The molecule has 0 heterocycles. The van der Waals surface area contributed by atoms with E-state index in [0.29, 0.717) is 0 Å². The van der Waals surface area contributed by atoms with E-state index in [1.165, 1.54) is 0 Å². The Labute approximate surface area is 70.1 Å². The molecule has 0 bridgehead atoms. The number of halogens is 1. The van der Waals surface area contributed by atoms with Crippen molar-refractivity contribution in [3.63, 3.8) is 0 Å². The SMILES string of the molecule is Cl.NC(=O)C[C@H](N)CC(=O)O. The van der Waals surface area contributed by atoms with E-state index in [1.807, 2.05) is 0 Å². The van der Waals surface area contributed by atoms with Crippen LogP contribution in [0.15, 0.2) is 0 Å². The summed E-state index contributed by atoms with van der Waals surface area (Å²) in [5, 5.41) is 8.16. The Kier molecular flexibility index (Phi) is 6.92. The summed E-state index contributed by atoms with van der Waals surface area (Å²) >= 11 is 0. The third-order valence-corrected chi connectivity index (χ3v) is 0.900. The molecule has 0 unspecified atom stereocenters. The average molecular weight is 183 g/mol. The summed E-state index contributed by atoms with van der Waals surface area (Å²) in [4.78, 5) is 20.1. The van der Waals surface area contributed by atoms with E-state index in [1.54, 1.807) is 0 Å². The lowest BCUT2D eigenvalue weighted by molar-refractivity contribution is -0.137. The molecule has 5 N–H and O–H groups in total. The van der Waals surface area contributed by atoms with Gasteiger partial charge < -0.3 is 16.6 Å². The van der Waals surface area contributed by atoms with Gasteiger partial charge in [-0.15, -0.1) is 12.4 Å². The highest BCUT2D eigenvalue weighted by Gasteiger charge is 2.09. The Balaban J connectivity index is 0. The van der Waals surface area contributed by atoms with Gasteiger partial charge in [0.2, 0.25) is 5.91 Å². The second-order valence-electron chi connectivity index (χ2n) is 2.03. The fourth-order valence-electron chi connectivity index (χ4n) is 0.555. The Bertz CT molecular complexity index is 135. The molecular formula is C5H11ClN2O3. The van der Waals surface area contributed by atoms with Gasteiger partial charge in [-0.3, -0.25) is 9.59 Å². The van der Waals surface area contributed by atoms with Crippen LogP contribution in [-0.4, -0.2) is 23.0 Å². The minimum Gasteiger partial charge on any atom is -0.481 e. The summed E-state index contributed by atoms with van der Waals surface area (Å²) in [7, 11) is 0. The Morgan fingerprint density at radius 1 is 1.36 bits per heavy atom. The van der Waals surface area contributed by atoms with Crippen LogP contribution in [0.5, 0.6) is 0 Å². The normalized spacial score (nSPS) is 11.4. The van der Waals surface area contributed by atoms with E-state index in [-0.39, 0.29) is 25.2 Å². The number of rotatable bonds is 4. The number of primary amides is 1. The second-order valence-corrected chi connectivity index (χ2v) is 2.03. The molecule has 0 aromatic heterocycles. The number of amides is 1. The topological polar surface area (TPSA) is 106 Å². The predicted octanol–water partition coefficient (Wildman–Crippen LogP) is -0.914. The van der Waals surface area contributed by atoms with Crippen molar-refractivity contribution >= 4 is 24.3 Å². The first kappa shape index (κ1) is 12.8. The molecule has 0 fully saturated rings. The lowest BCUT2D eigenvalue weighted by Gasteiger charge is -2.03. The minimum absolute atomic E-state index is 0. The molecule has 0 aromatic carbocycles. The van der Waals surface area contributed by atoms with Crippen molar-refractivity contribution in [3.8, 4) is 0 Å². The summed E-state index contributed by atoms with van der Waals surface area (Å²) in [6.07, 6.45) is -0.296. The molecule has 5 nitrogen and oxygen atoms in total. The number of carboxylic acids is 1. The zero-order valence-corrected chi connectivity index (χ0v) is 6.63. The third-order valence-electron chi connectivity index (χ3n) is 0.900. The zero-order chi connectivity index (χ0) is 8.15. The van der Waals surface area contributed by atoms with E-state index < -0.39 is 17.9 Å². The van der Waals surface area contributed by atoms with E-state index in [4.69, 9.17) is 16.6 Å². The standard InChI is InChI=1S/C5H10N2O3.ClH/c6-3(1-4(7)8)2-5(9)10;/h3H,1-2,6H2,(H2,7,8)(H,9,10);1H/t3-;/m0./s1. The zero-order valence-electron chi connectivity index (χ0n) is 5.82. The molecule has 0 aliphatic heterocycles. The highest BCUT2D eigenvalue weighted by Crippen LogP contribution is 1.92. The van der Waals surface area contributed by atoms with Crippen LogP contribution in [0.2, 0.25) is 0 Å². The van der Waals surface area contributed by atoms with Crippen LogP contribution < -0.4 is 11.5 Å². The maximum Gasteiger partial charge on any atom is 0.304 e. The fourth-order valence-corrected chi connectivity index (χ4v) is 0.555. The molecule has 0 aliphatic rings. The van der Waals surface area contributed by atoms with Gasteiger partial charge in [-0.1, -0.05) is 0 Å². The molecule has 11 heavy (non-hydrogen) atoms. The van der Waals surface area contributed by atoms with E-state index >= 15 is 0 Å². The van der Waals surface area contributed by atoms with Crippen LogP contribution in [0.3, 0.4) is 0 Å². The Hall–Kier alpha value is -0.810. The lowest BCUT2D eigenvalue weighted by Crippen LogP contribution is -2.29. The van der Waals surface area contributed by atoms with Crippen LogP contribution in [-0.2, 0) is 9.59 Å². The fraction of sp³-hybridized carbons (Fsp3) is 0.600. The Morgan fingerprint density at radius 2 is 1.82 bits per heavy atom. The van der Waals surface area contributed by atoms with Gasteiger partial charge in [-0.2, -0.15) is 0 Å². The van der Waals surface area contributed by atoms with Gasteiger partial charge in [-0.05, 0) is 0 Å².